The molecule has 6 heteroatoms. The zero-order chi connectivity index (χ0) is 17.3. The van der Waals surface area contributed by atoms with Gasteiger partial charge in [0.1, 0.15) is 5.82 Å². The number of carboxylic acid groups (broad SMARTS) is 1. The number of aromatic nitrogens is 2. The van der Waals surface area contributed by atoms with Crippen LogP contribution in [0.5, 0.6) is 11.5 Å². The molecule has 24 heavy (non-hydrogen) atoms. The molecule has 1 N–H and O–H groups in total. The lowest BCUT2D eigenvalue weighted by Crippen LogP contribution is -2.04. The van der Waals surface area contributed by atoms with Gasteiger partial charge in [0.05, 0.1) is 30.8 Å². The zero-order valence-electron chi connectivity index (χ0n) is 13.7. The zero-order valence-corrected chi connectivity index (χ0v) is 13.7. The Morgan fingerprint density at radius 1 is 1.17 bits per heavy atom. The van der Waals surface area contributed by atoms with Crippen LogP contribution >= 0.6 is 0 Å². The number of rotatable bonds is 5. The molecule has 0 saturated heterocycles. The lowest BCUT2D eigenvalue weighted by molar-refractivity contribution is 0.0696. The Hall–Kier alpha value is -3.02. The molecule has 0 saturated carbocycles. The molecule has 1 heterocycles. The largest absolute Gasteiger partial charge is 0.493 e. The van der Waals surface area contributed by atoms with Crippen molar-refractivity contribution in [3.05, 3.63) is 53.3 Å². The standard InChI is InChI=1S/C18H18N2O4/c1-11-19-14-8-16(23-2)17(24-3)9-15(14)20(11)10-12-5-4-6-13(7-12)18(21)22/h4-9H,10H2,1-3H3,(H,21,22). The fourth-order valence-electron chi connectivity index (χ4n) is 2.76. The molecule has 0 amide bonds. The quantitative estimate of drug-likeness (QED) is 0.780. The molecule has 0 bridgehead atoms. The summed E-state index contributed by atoms with van der Waals surface area (Å²) in [5.74, 6) is 1.16. The van der Waals surface area contributed by atoms with Gasteiger partial charge in [0.2, 0.25) is 0 Å². The van der Waals surface area contributed by atoms with Gasteiger partial charge in [-0.2, -0.15) is 0 Å². The summed E-state index contributed by atoms with van der Waals surface area (Å²) in [5.41, 5.74) is 2.88. The van der Waals surface area contributed by atoms with Crippen molar-refractivity contribution in [2.75, 3.05) is 14.2 Å². The first-order valence-electron chi connectivity index (χ1n) is 7.44. The van der Waals surface area contributed by atoms with Crippen LogP contribution in [-0.4, -0.2) is 34.8 Å². The molecule has 0 atom stereocenters. The number of imidazole rings is 1. The molecule has 0 aliphatic carbocycles. The van der Waals surface area contributed by atoms with Gasteiger partial charge in [0.15, 0.2) is 11.5 Å². The van der Waals surface area contributed by atoms with E-state index in [4.69, 9.17) is 14.6 Å². The third-order valence-electron chi connectivity index (χ3n) is 3.96. The van der Waals surface area contributed by atoms with Crippen LogP contribution in [-0.2, 0) is 6.54 Å². The van der Waals surface area contributed by atoms with Gasteiger partial charge in [-0.3, -0.25) is 0 Å². The van der Waals surface area contributed by atoms with E-state index >= 15 is 0 Å². The minimum absolute atomic E-state index is 0.272. The number of benzene rings is 2. The van der Waals surface area contributed by atoms with Crippen molar-refractivity contribution in [2.45, 2.75) is 13.5 Å². The lowest BCUT2D eigenvalue weighted by Gasteiger charge is -2.10. The summed E-state index contributed by atoms with van der Waals surface area (Å²) in [7, 11) is 3.18. The van der Waals surface area contributed by atoms with Crippen molar-refractivity contribution in [3.8, 4) is 11.5 Å². The summed E-state index contributed by atoms with van der Waals surface area (Å²) in [6, 6.07) is 10.6. The highest BCUT2D eigenvalue weighted by Crippen LogP contribution is 2.32. The maximum atomic E-state index is 11.1. The van der Waals surface area contributed by atoms with Gasteiger partial charge in [-0.1, -0.05) is 12.1 Å². The molecular formula is C18H18N2O4. The fourth-order valence-corrected chi connectivity index (χ4v) is 2.76. The van der Waals surface area contributed by atoms with Crippen molar-refractivity contribution >= 4 is 17.0 Å². The third kappa shape index (κ3) is 2.78. The Labute approximate surface area is 139 Å². The van der Waals surface area contributed by atoms with E-state index < -0.39 is 5.97 Å². The van der Waals surface area contributed by atoms with Crippen LogP contribution < -0.4 is 9.47 Å². The molecule has 0 aliphatic rings. The van der Waals surface area contributed by atoms with Crippen LogP contribution in [0.1, 0.15) is 21.7 Å². The number of hydrogen-bond donors (Lipinski definition) is 1. The molecule has 0 aliphatic heterocycles. The van der Waals surface area contributed by atoms with E-state index in [9.17, 15) is 4.79 Å². The molecule has 2 aromatic carbocycles. The van der Waals surface area contributed by atoms with Gasteiger partial charge < -0.3 is 19.1 Å². The minimum Gasteiger partial charge on any atom is -0.493 e. The summed E-state index contributed by atoms with van der Waals surface area (Å²) in [5, 5.41) is 9.14. The minimum atomic E-state index is -0.935. The summed E-state index contributed by atoms with van der Waals surface area (Å²) in [6.07, 6.45) is 0. The Morgan fingerprint density at radius 2 is 1.88 bits per heavy atom. The molecule has 1 aromatic heterocycles. The molecule has 6 nitrogen and oxygen atoms in total. The number of aromatic carboxylic acids is 1. The van der Waals surface area contributed by atoms with E-state index in [2.05, 4.69) is 4.98 Å². The van der Waals surface area contributed by atoms with Crippen molar-refractivity contribution in [1.29, 1.82) is 0 Å². The molecule has 0 spiro atoms. The maximum absolute atomic E-state index is 11.1. The molecule has 0 fully saturated rings. The van der Waals surface area contributed by atoms with Crippen LogP contribution in [0.2, 0.25) is 0 Å². The van der Waals surface area contributed by atoms with E-state index in [-0.39, 0.29) is 5.56 Å². The first kappa shape index (κ1) is 15.9. The number of carboxylic acids is 1. The number of carbonyl (C=O) groups is 1. The van der Waals surface area contributed by atoms with Crippen LogP contribution in [0, 0.1) is 6.92 Å². The van der Waals surface area contributed by atoms with Gasteiger partial charge in [-0.25, -0.2) is 9.78 Å². The predicted octanol–water partition coefficient (Wildman–Crippen LogP) is 3.11. The highest BCUT2D eigenvalue weighted by atomic mass is 16.5. The van der Waals surface area contributed by atoms with Crippen LogP contribution in [0.3, 0.4) is 0 Å². The van der Waals surface area contributed by atoms with E-state index in [0.29, 0.717) is 18.0 Å². The van der Waals surface area contributed by atoms with Crippen molar-refractivity contribution < 1.29 is 19.4 Å². The number of nitrogens with zero attached hydrogens (tertiary/aromatic N) is 2. The predicted molar refractivity (Wildman–Crippen MR) is 90.1 cm³/mol. The fraction of sp³-hybridized carbons (Fsp3) is 0.222. The second-order valence-electron chi connectivity index (χ2n) is 5.45. The second-order valence-corrected chi connectivity index (χ2v) is 5.45. The summed E-state index contributed by atoms with van der Waals surface area (Å²) in [6.45, 7) is 2.44. The second kappa shape index (κ2) is 6.23. The molecule has 3 rings (SSSR count). The van der Waals surface area contributed by atoms with Crippen LogP contribution in [0.15, 0.2) is 36.4 Å². The average molecular weight is 326 g/mol. The van der Waals surface area contributed by atoms with Gasteiger partial charge in [-0.15, -0.1) is 0 Å². The summed E-state index contributed by atoms with van der Waals surface area (Å²) < 4.78 is 12.7. The van der Waals surface area contributed by atoms with Crippen molar-refractivity contribution in [2.24, 2.45) is 0 Å². The molecule has 124 valence electrons. The topological polar surface area (TPSA) is 73.6 Å². The molecule has 0 unspecified atom stereocenters. The van der Waals surface area contributed by atoms with Crippen molar-refractivity contribution in [1.82, 2.24) is 9.55 Å². The van der Waals surface area contributed by atoms with E-state index in [0.717, 1.165) is 22.4 Å². The molecule has 0 radical (unpaired) electrons. The molecular weight excluding hydrogens is 308 g/mol. The van der Waals surface area contributed by atoms with Crippen LogP contribution in [0.4, 0.5) is 0 Å². The van der Waals surface area contributed by atoms with E-state index in [1.54, 1.807) is 32.4 Å². The number of hydrogen-bond acceptors (Lipinski definition) is 4. The summed E-state index contributed by atoms with van der Waals surface area (Å²) in [4.78, 5) is 15.7. The normalized spacial score (nSPS) is 10.8. The van der Waals surface area contributed by atoms with Crippen LogP contribution in [0.25, 0.3) is 11.0 Å². The smallest absolute Gasteiger partial charge is 0.335 e. The number of aryl methyl sites for hydroxylation is 1. The first-order chi connectivity index (χ1) is 11.5. The Kier molecular flexibility index (Phi) is 4.12. The van der Waals surface area contributed by atoms with Gasteiger partial charge in [-0.05, 0) is 24.6 Å². The highest BCUT2D eigenvalue weighted by Gasteiger charge is 2.14. The summed E-state index contributed by atoms with van der Waals surface area (Å²) >= 11 is 0. The highest BCUT2D eigenvalue weighted by molar-refractivity contribution is 5.87. The Morgan fingerprint density at radius 3 is 2.54 bits per heavy atom. The Balaban J connectivity index is 2.07. The Bertz CT molecular complexity index is 915. The van der Waals surface area contributed by atoms with Gasteiger partial charge in [0, 0.05) is 18.7 Å². The lowest BCUT2D eigenvalue weighted by atomic mass is 10.1. The third-order valence-corrected chi connectivity index (χ3v) is 3.96. The van der Waals surface area contributed by atoms with Crippen molar-refractivity contribution in [3.63, 3.8) is 0 Å². The van der Waals surface area contributed by atoms with E-state index in [1.807, 2.05) is 29.7 Å². The monoisotopic (exact) mass is 326 g/mol. The average Bonchev–Trinajstić information content (AvgIpc) is 2.88. The number of methoxy groups -OCH3 is 2. The first-order valence-corrected chi connectivity index (χ1v) is 7.44. The number of fused-ring (bicyclic) bond motifs is 1. The van der Waals surface area contributed by atoms with Gasteiger partial charge in [0.25, 0.3) is 0 Å². The maximum Gasteiger partial charge on any atom is 0.335 e. The van der Waals surface area contributed by atoms with E-state index in [1.165, 1.54) is 0 Å². The molecule has 3 aromatic rings. The SMILES string of the molecule is COc1cc2nc(C)n(Cc3cccc(C(=O)O)c3)c2cc1OC. The number of ether oxygens (including phenoxy) is 2. The van der Waals surface area contributed by atoms with Gasteiger partial charge >= 0.3 is 5.97 Å².